The van der Waals surface area contributed by atoms with Crippen LogP contribution < -0.4 is 4.74 Å². The van der Waals surface area contributed by atoms with Crippen LogP contribution in [0.4, 0.5) is 0 Å². The summed E-state index contributed by atoms with van der Waals surface area (Å²) >= 11 is 0. The van der Waals surface area contributed by atoms with Crippen LogP contribution in [-0.2, 0) is 0 Å². The Kier molecular flexibility index (Phi) is 4.34. The maximum Gasteiger partial charge on any atom is 0.276 e. The highest BCUT2D eigenvalue weighted by Crippen LogP contribution is 2.24. The Morgan fingerprint density at radius 2 is 2.35 bits per heavy atom. The van der Waals surface area contributed by atoms with E-state index in [0.717, 1.165) is 17.7 Å². The van der Waals surface area contributed by atoms with Gasteiger partial charge in [-0.3, -0.25) is 4.79 Å². The number of aryl methyl sites for hydroxylation is 1. The fraction of sp³-hybridized carbons (Fsp3) is 0.412. The summed E-state index contributed by atoms with van der Waals surface area (Å²) in [6.45, 7) is 2.96. The van der Waals surface area contributed by atoms with Gasteiger partial charge in [0.15, 0.2) is 5.69 Å². The molecule has 1 unspecified atom stereocenters. The molecule has 0 radical (unpaired) electrons. The topological polar surface area (TPSA) is 75.8 Å². The lowest BCUT2D eigenvalue weighted by Gasteiger charge is -2.38. The molecule has 122 valence electrons. The monoisotopic (exact) mass is 316 g/mol. The minimum absolute atomic E-state index is 0.152. The van der Waals surface area contributed by atoms with E-state index in [0.29, 0.717) is 13.0 Å². The largest absolute Gasteiger partial charge is 0.491 e. The number of nitrogens with zero attached hydrogens (tertiary/aromatic N) is 2. The first-order valence-electron chi connectivity index (χ1n) is 7.67. The van der Waals surface area contributed by atoms with Crippen molar-refractivity contribution in [1.82, 2.24) is 10.1 Å². The molecule has 1 atom stereocenters. The predicted molar refractivity (Wildman–Crippen MR) is 83.3 cm³/mol. The van der Waals surface area contributed by atoms with E-state index in [9.17, 15) is 9.90 Å². The highest BCUT2D eigenvalue weighted by molar-refractivity contribution is 5.92. The van der Waals surface area contributed by atoms with E-state index in [4.69, 9.17) is 9.26 Å². The Morgan fingerprint density at radius 3 is 3.09 bits per heavy atom. The number of aromatic nitrogens is 1. The number of likely N-dealkylation sites (tertiary alicyclic amines) is 1. The summed E-state index contributed by atoms with van der Waals surface area (Å²) in [4.78, 5) is 13.9. The molecule has 23 heavy (non-hydrogen) atoms. The molecule has 1 aliphatic heterocycles. The molecule has 0 spiro atoms. The molecular formula is C17H20N2O4. The van der Waals surface area contributed by atoms with E-state index >= 15 is 0 Å². The van der Waals surface area contributed by atoms with Crippen molar-refractivity contribution in [2.75, 3.05) is 19.7 Å². The summed E-state index contributed by atoms with van der Waals surface area (Å²) in [6.07, 6.45) is 2.68. The van der Waals surface area contributed by atoms with Crippen molar-refractivity contribution in [3.8, 4) is 5.75 Å². The number of β-amino-alcohol motifs (C(OH)–C–C–N with tert-alkyl or cyclic N) is 1. The van der Waals surface area contributed by atoms with Gasteiger partial charge in [-0.05, 0) is 37.5 Å². The molecular weight excluding hydrogens is 296 g/mol. The molecule has 3 rings (SSSR count). The van der Waals surface area contributed by atoms with Crippen LogP contribution in [0.1, 0.15) is 28.9 Å². The van der Waals surface area contributed by atoms with E-state index in [2.05, 4.69) is 5.16 Å². The van der Waals surface area contributed by atoms with Crippen molar-refractivity contribution in [2.24, 2.45) is 0 Å². The molecule has 2 heterocycles. The molecule has 6 nitrogen and oxygen atoms in total. The van der Waals surface area contributed by atoms with Gasteiger partial charge in [0, 0.05) is 12.6 Å². The van der Waals surface area contributed by atoms with Crippen LogP contribution in [0.3, 0.4) is 0 Å². The number of rotatable bonds is 4. The second-order valence-electron chi connectivity index (χ2n) is 6.04. The number of carbonyl (C=O) groups is 1. The molecule has 2 aromatic rings. The summed E-state index contributed by atoms with van der Waals surface area (Å²) in [5.41, 5.74) is 0.302. The van der Waals surface area contributed by atoms with Crippen LogP contribution >= 0.6 is 0 Å². The second-order valence-corrected chi connectivity index (χ2v) is 6.04. The normalized spacial score (nSPS) is 21.2. The Labute approximate surface area is 134 Å². The van der Waals surface area contributed by atoms with Crippen LogP contribution in [0.2, 0.25) is 0 Å². The van der Waals surface area contributed by atoms with Gasteiger partial charge >= 0.3 is 0 Å². The van der Waals surface area contributed by atoms with Crippen LogP contribution in [0.25, 0.3) is 0 Å². The zero-order valence-corrected chi connectivity index (χ0v) is 13.1. The van der Waals surface area contributed by atoms with Crippen LogP contribution in [0, 0.1) is 6.92 Å². The first-order chi connectivity index (χ1) is 11.1. The van der Waals surface area contributed by atoms with Crippen molar-refractivity contribution in [1.29, 1.82) is 0 Å². The van der Waals surface area contributed by atoms with Crippen molar-refractivity contribution in [3.05, 3.63) is 47.9 Å². The number of hydrogen-bond donors (Lipinski definition) is 1. The number of carbonyl (C=O) groups excluding carboxylic acids is 1. The number of ether oxygens (including phenoxy) is 1. The molecule has 1 aromatic carbocycles. The van der Waals surface area contributed by atoms with Gasteiger partial charge in [-0.25, -0.2) is 0 Å². The van der Waals surface area contributed by atoms with Gasteiger partial charge in [-0.1, -0.05) is 17.3 Å². The van der Waals surface area contributed by atoms with Gasteiger partial charge in [0.05, 0.1) is 6.54 Å². The molecule has 1 fully saturated rings. The fourth-order valence-electron chi connectivity index (χ4n) is 2.81. The van der Waals surface area contributed by atoms with Gasteiger partial charge in [-0.15, -0.1) is 0 Å². The lowest BCUT2D eigenvalue weighted by atomic mass is 9.93. The van der Waals surface area contributed by atoms with Gasteiger partial charge < -0.3 is 19.3 Å². The number of aliphatic hydroxyl groups is 1. The van der Waals surface area contributed by atoms with Crippen LogP contribution in [0.15, 0.2) is 41.1 Å². The summed E-state index contributed by atoms with van der Waals surface area (Å²) < 4.78 is 10.4. The minimum Gasteiger partial charge on any atom is -0.491 e. The highest BCUT2D eigenvalue weighted by atomic mass is 16.5. The molecule has 0 bridgehead atoms. The molecule has 0 saturated carbocycles. The summed E-state index contributed by atoms with van der Waals surface area (Å²) in [7, 11) is 0. The number of benzene rings is 1. The predicted octanol–water partition coefficient (Wildman–Crippen LogP) is 2.03. The van der Waals surface area contributed by atoms with E-state index in [1.54, 1.807) is 4.90 Å². The van der Waals surface area contributed by atoms with Crippen molar-refractivity contribution >= 4 is 5.91 Å². The second kappa shape index (κ2) is 6.42. The standard InChI is InChI=1S/C17H20N2O4/c1-13-4-2-5-14(10-13)22-12-17(21)7-3-8-19(11-17)16(20)15-6-9-23-18-15/h2,4-6,9-10,21H,3,7-8,11-12H2,1H3. The SMILES string of the molecule is Cc1cccc(OCC2(O)CCCN(C(=O)c3ccon3)C2)c1. The lowest BCUT2D eigenvalue weighted by molar-refractivity contribution is -0.0533. The van der Waals surface area contributed by atoms with E-state index in [1.807, 2.05) is 31.2 Å². The maximum atomic E-state index is 12.3. The fourth-order valence-corrected chi connectivity index (χ4v) is 2.81. The lowest BCUT2D eigenvalue weighted by Crippen LogP contribution is -2.53. The molecule has 1 aliphatic rings. The molecule has 1 aromatic heterocycles. The van der Waals surface area contributed by atoms with Gasteiger partial charge in [-0.2, -0.15) is 0 Å². The Morgan fingerprint density at radius 1 is 1.48 bits per heavy atom. The number of hydrogen-bond acceptors (Lipinski definition) is 5. The van der Waals surface area contributed by atoms with Gasteiger partial charge in [0.2, 0.25) is 0 Å². The first kappa shape index (κ1) is 15.6. The van der Waals surface area contributed by atoms with Crippen LogP contribution in [-0.4, -0.2) is 46.4 Å². The Hall–Kier alpha value is -2.34. The summed E-state index contributed by atoms with van der Waals surface area (Å²) in [6, 6.07) is 9.21. The molecule has 6 heteroatoms. The first-order valence-corrected chi connectivity index (χ1v) is 7.67. The van der Waals surface area contributed by atoms with Gasteiger partial charge in [0.1, 0.15) is 24.2 Å². The third-order valence-electron chi connectivity index (χ3n) is 4.00. The van der Waals surface area contributed by atoms with E-state index < -0.39 is 5.60 Å². The van der Waals surface area contributed by atoms with Crippen molar-refractivity contribution in [3.63, 3.8) is 0 Å². The molecule has 1 amide bonds. The van der Waals surface area contributed by atoms with Crippen molar-refractivity contribution < 1.29 is 19.2 Å². The van der Waals surface area contributed by atoms with Crippen molar-refractivity contribution in [2.45, 2.75) is 25.4 Å². The average Bonchev–Trinajstić information content (AvgIpc) is 3.07. The number of piperidine rings is 1. The summed E-state index contributed by atoms with van der Waals surface area (Å²) in [5, 5.41) is 14.4. The maximum absolute atomic E-state index is 12.3. The minimum atomic E-state index is -1.05. The van der Waals surface area contributed by atoms with Crippen LogP contribution in [0.5, 0.6) is 5.75 Å². The Bertz CT molecular complexity index is 671. The van der Waals surface area contributed by atoms with E-state index in [-0.39, 0.29) is 24.8 Å². The zero-order valence-electron chi connectivity index (χ0n) is 13.1. The van der Waals surface area contributed by atoms with Gasteiger partial charge in [0.25, 0.3) is 5.91 Å². The summed E-state index contributed by atoms with van der Waals surface area (Å²) in [5.74, 6) is 0.491. The smallest absolute Gasteiger partial charge is 0.276 e. The quantitative estimate of drug-likeness (QED) is 0.934. The highest BCUT2D eigenvalue weighted by Gasteiger charge is 2.36. The molecule has 1 N–H and O–H groups in total. The third kappa shape index (κ3) is 3.71. The molecule has 0 aliphatic carbocycles. The molecule has 1 saturated heterocycles. The Balaban J connectivity index is 1.63. The average molecular weight is 316 g/mol. The zero-order chi connectivity index (χ0) is 16.3. The van der Waals surface area contributed by atoms with E-state index in [1.165, 1.54) is 12.3 Å². The third-order valence-corrected chi connectivity index (χ3v) is 4.00. The number of amides is 1.